The molecule has 0 saturated carbocycles. The highest BCUT2D eigenvalue weighted by molar-refractivity contribution is 7.13. The first-order valence-electron chi connectivity index (χ1n) is 7.96. The molecular formula is C17H23N5O2S. The smallest absolute Gasteiger partial charge is 0.226 e. The molecule has 0 fully saturated rings. The van der Waals surface area contributed by atoms with Gasteiger partial charge in [-0.1, -0.05) is 35.6 Å². The van der Waals surface area contributed by atoms with Crippen molar-refractivity contribution in [3.05, 3.63) is 40.9 Å². The summed E-state index contributed by atoms with van der Waals surface area (Å²) in [4.78, 5) is 27.8. The lowest BCUT2D eigenvalue weighted by Gasteiger charge is -2.18. The number of amides is 2. The van der Waals surface area contributed by atoms with Gasteiger partial charge < -0.3 is 15.1 Å². The molecule has 2 amide bonds. The van der Waals surface area contributed by atoms with E-state index in [-0.39, 0.29) is 24.7 Å². The highest BCUT2D eigenvalue weighted by Crippen LogP contribution is 2.11. The number of nitrogens with zero attached hydrogens (tertiary/aromatic N) is 4. The van der Waals surface area contributed by atoms with Crippen molar-refractivity contribution < 1.29 is 9.59 Å². The van der Waals surface area contributed by atoms with E-state index in [9.17, 15) is 9.59 Å². The van der Waals surface area contributed by atoms with Gasteiger partial charge in [-0.25, -0.2) is 0 Å². The monoisotopic (exact) mass is 361 g/mol. The van der Waals surface area contributed by atoms with Crippen LogP contribution in [-0.2, 0) is 22.7 Å². The first-order chi connectivity index (χ1) is 11.9. The molecule has 25 heavy (non-hydrogen) atoms. The van der Waals surface area contributed by atoms with Gasteiger partial charge in [-0.3, -0.25) is 9.59 Å². The summed E-state index contributed by atoms with van der Waals surface area (Å²) in [7, 11) is 5.80. The van der Waals surface area contributed by atoms with Crippen LogP contribution in [0.15, 0.2) is 29.8 Å². The van der Waals surface area contributed by atoms with Crippen LogP contribution >= 0.6 is 11.3 Å². The molecule has 0 radical (unpaired) electrons. The molecule has 0 aliphatic rings. The maximum atomic E-state index is 12.2. The average molecular weight is 361 g/mol. The molecule has 2 aromatic rings. The van der Waals surface area contributed by atoms with Gasteiger partial charge in [0.25, 0.3) is 0 Å². The Labute approximate surface area is 151 Å². The van der Waals surface area contributed by atoms with Gasteiger partial charge in [0.1, 0.15) is 5.51 Å². The van der Waals surface area contributed by atoms with Crippen LogP contribution in [0.3, 0.4) is 0 Å². The van der Waals surface area contributed by atoms with E-state index in [0.717, 1.165) is 12.1 Å². The normalized spacial score (nSPS) is 10.7. The van der Waals surface area contributed by atoms with Crippen LogP contribution in [0, 0.1) is 0 Å². The molecule has 1 aromatic heterocycles. The quantitative estimate of drug-likeness (QED) is 0.778. The van der Waals surface area contributed by atoms with Crippen molar-refractivity contribution in [1.29, 1.82) is 0 Å². The zero-order valence-corrected chi connectivity index (χ0v) is 15.5. The largest absolute Gasteiger partial charge is 0.341 e. The predicted molar refractivity (Wildman–Crippen MR) is 98.1 cm³/mol. The third kappa shape index (κ3) is 6.60. The Morgan fingerprint density at radius 3 is 2.48 bits per heavy atom. The third-order valence-corrected chi connectivity index (χ3v) is 4.11. The van der Waals surface area contributed by atoms with Crippen molar-refractivity contribution in [3.63, 3.8) is 0 Å². The van der Waals surface area contributed by atoms with Crippen LogP contribution in [0.5, 0.6) is 0 Å². The van der Waals surface area contributed by atoms with Gasteiger partial charge in [0, 0.05) is 33.0 Å². The van der Waals surface area contributed by atoms with Crippen LogP contribution in [0.25, 0.3) is 0 Å². The summed E-state index contributed by atoms with van der Waals surface area (Å²) in [6.45, 7) is 1.38. The second kappa shape index (κ2) is 9.24. The van der Waals surface area contributed by atoms with Crippen molar-refractivity contribution in [2.45, 2.75) is 25.9 Å². The van der Waals surface area contributed by atoms with E-state index < -0.39 is 0 Å². The number of anilines is 1. The van der Waals surface area contributed by atoms with E-state index >= 15 is 0 Å². The van der Waals surface area contributed by atoms with Crippen molar-refractivity contribution >= 4 is 28.3 Å². The molecule has 134 valence electrons. The van der Waals surface area contributed by atoms with Crippen LogP contribution in [-0.4, -0.2) is 53.0 Å². The van der Waals surface area contributed by atoms with Crippen molar-refractivity contribution in [1.82, 2.24) is 20.0 Å². The highest BCUT2D eigenvalue weighted by atomic mass is 32.1. The lowest BCUT2D eigenvalue weighted by Crippen LogP contribution is -2.27. The standard InChI is InChI=1S/C17H23N5O2S/c1-21(2)10-13-5-4-6-14(9-13)11-22(3)16(24)8-7-15(23)19-17-20-18-12-25-17/h4-6,9,12H,7-8,10-11H2,1-3H3,(H,19,20,23). The predicted octanol–water partition coefficient (Wildman–Crippen LogP) is 1.98. The first kappa shape index (κ1) is 19.0. The van der Waals surface area contributed by atoms with E-state index in [1.165, 1.54) is 16.9 Å². The minimum Gasteiger partial charge on any atom is -0.341 e. The summed E-state index contributed by atoms with van der Waals surface area (Å²) < 4.78 is 0. The van der Waals surface area contributed by atoms with Gasteiger partial charge in [-0.15, -0.1) is 10.2 Å². The average Bonchev–Trinajstić information content (AvgIpc) is 3.05. The molecule has 0 aliphatic carbocycles. The molecule has 0 spiro atoms. The fourth-order valence-electron chi connectivity index (χ4n) is 2.37. The van der Waals surface area contributed by atoms with E-state index in [0.29, 0.717) is 11.7 Å². The Hall–Kier alpha value is -2.32. The van der Waals surface area contributed by atoms with Gasteiger partial charge in [-0.05, 0) is 25.2 Å². The Morgan fingerprint density at radius 1 is 1.12 bits per heavy atom. The van der Waals surface area contributed by atoms with Gasteiger partial charge in [0.2, 0.25) is 16.9 Å². The number of nitrogens with one attached hydrogen (secondary N) is 1. The molecule has 0 saturated heterocycles. The molecule has 2 rings (SSSR count). The Balaban J connectivity index is 1.80. The number of hydrogen-bond donors (Lipinski definition) is 1. The molecule has 0 unspecified atom stereocenters. The SMILES string of the molecule is CN(C)Cc1cccc(CN(C)C(=O)CCC(=O)Nc2nncs2)c1. The van der Waals surface area contributed by atoms with E-state index in [1.54, 1.807) is 17.5 Å². The lowest BCUT2D eigenvalue weighted by molar-refractivity contribution is -0.132. The Bertz CT molecular complexity index is 703. The number of rotatable bonds is 8. The van der Waals surface area contributed by atoms with E-state index in [4.69, 9.17) is 0 Å². The fraction of sp³-hybridized carbons (Fsp3) is 0.412. The molecule has 7 nitrogen and oxygen atoms in total. The van der Waals surface area contributed by atoms with Crippen LogP contribution in [0.1, 0.15) is 24.0 Å². The van der Waals surface area contributed by atoms with Gasteiger partial charge in [0.05, 0.1) is 0 Å². The third-order valence-electron chi connectivity index (χ3n) is 3.51. The summed E-state index contributed by atoms with van der Waals surface area (Å²) in [5.74, 6) is -0.295. The Morgan fingerprint density at radius 2 is 1.84 bits per heavy atom. The van der Waals surface area contributed by atoms with Crippen molar-refractivity contribution in [3.8, 4) is 0 Å². The highest BCUT2D eigenvalue weighted by Gasteiger charge is 2.13. The zero-order chi connectivity index (χ0) is 18.2. The molecule has 0 aliphatic heterocycles. The zero-order valence-electron chi connectivity index (χ0n) is 14.7. The number of hydrogen-bond acceptors (Lipinski definition) is 6. The molecule has 0 bridgehead atoms. The second-order valence-electron chi connectivity index (χ2n) is 6.10. The molecule has 8 heteroatoms. The number of carbonyl (C=O) groups excluding carboxylic acids is 2. The summed E-state index contributed by atoms with van der Waals surface area (Å²) in [5.41, 5.74) is 3.83. The van der Waals surface area contributed by atoms with Crippen molar-refractivity contribution in [2.24, 2.45) is 0 Å². The van der Waals surface area contributed by atoms with Crippen molar-refractivity contribution in [2.75, 3.05) is 26.5 Å². The summed E-state index contributed by atoms with van der Waals surface area (Å²) in [5, 5.41) is 10.5. The fourth-order valence-corrected chi connectivity index (χ4v) is 2.84. The maximum absolute atomic E-state index is 12.2. The van der Waals surface area contributed by atoms with E-state index in [1.807, 2.05) is 26.2 Å². The summed E-state index contributed by atoms with van der Waals surface area (Å²) in [6, 6.07) is 8.18. The number of carbonyl (C=O) groups is 2. The number of aromatic nitrogens is 2. The number of benzene rings is 1. The van der Waals surface area contributed by atoms with Gasteiger partial charge in [0.15, 0.2) is 0 Å². The van der Waals surface area contributed by atoms with Crippen LogP contribution < -0.4 is 5.32 Å². The minimum atomic E-state index is -0.230. The van der Waals surface area contributed by atoms with E-state index in [2.05, 4.69) is 32.5 Å². The van der Waals surface area contributed by atoms with Gasteiger partial charge >= 0.3 is 0 Å². The van der Waals surface area contributed by atoms with Crippen LogP contribution in [0.2, 0.25) is 0 Å². The second-order valence-corrected chi connectivity index (χ2v) is 6.93. The Kier molecular flexibility index (Phi) is 7.03. The summed E-state index contributed by atoms with van der Waals surface area (Å²) in [6.07, 6.45) is 0.294. The minimum absolute atomic E-state index is 0.0644. The summed E-state index contributed by atoms with van der Waals surface area (Å²) >= 11 is 1.25. The molecule has 1 N–H and O–H groups in total. The molecule has 0 atom stereocenters. The topological polar surface area (TPSA) is 78.4 Å². The molecule has 1 aromatic carbocycles. The first-order valence-corrected chi connectivity index (χ1v) is 8.84. The maximum Gasteiger partial charge on any atom is 0.226 e. The molecular weight excluding hydrogens is 338 g/mol. The lowest BCUT2D eigenvalue weighted by atomic mass is 10.1. The van der Waals surface area contributed by atoms with Crippen LogP contribution in [0.4, 0.5) is 5.13 Å². The van der Waals surface area contributed by atoms with Gasteiger partial charge in [-0.2, -0.15) is 0 Å². The molecule has 1 heterocycles.